The quantitative estimate of drug-likeness (QED) is 0.175. The fourth-order valence-electron chi connectivity index (χ4n) is 11.0. The topological polar surface area (TPSA) is 189 Å². The first-order valence-electron chi connectivity index (χ1n) is 22.8. The minimum absolute atomic E-state index is 0.0376. The molecular weight excluding hydrogens is 845 g/mol. The average Bonchev–Trinajstić information content (AvgIpc) is 3.54. The van der Waals surface area contributed by atoms with Gasteiger partial charge in [-0.15, -0.1) is 0 Å². The van der Waals surface area contributed by atoms with Crippen LogP contribution in [0.25, 0.3) is 0 Å². The first kappa shape index (κ1) is 46.4. The van der Waals surface area contributed by atoms with Crippen LogP contribution in [0.15, 0.2) is 54.6 Å². The Bertz CT molecular complexity index is 2400. The highest BCUT2D eigenvalue weighted by molar-refractivity contribution is 6.24. The minimum atomic E-state index is -1.07. The molecule has 3 heterocycles. The molecule has 2 saturated heterocycles. The molecule has 66 heavy (non-hydrogen) atoms. The molecule has 5 aliphatic rings. The summed E-state index contributed by atoms with van der Waals surface area (Å²) in [6.07, 6.45) is 3.44. The van der Waals surface area contributed by atoms with E-state index in [0.29, 0.717) is 46.9 Å². The van der Waals surface area contributed by atoms with Gasteiger partial charge in [0.2, 0.25) is 11.8 Å². The zero-order valence-corrected chi connectivity index (χ0v) is 38.8. The third-order valence-electron chi connectivity index (χ3n) is 14.4. The molecule has 2 N–H and O–H groups in total. The van der Waals surface area contributed by atoms with E-state index in [1.165, 1.54) is 14.2 Å². The van der Waals surface area contributed by atoms with Gasteiger partial charge in [0.05, 0.1) is 37.5 Å². The molecule has 0 unspecified atom stereocenters. The number of hydrogen-bond acceptors (Lipinski definition) is 13. The number of hydrogen-bond donors (Lipinski definition) is 2. The number of benzene rings is 3. The Hall–Kier alpha value is -6.18. The van der Waals surface area contributed by atoms with Crippen molar-refractivity contribution in [1.29, 1.82) is 5.26 Å². The molecule has 0 aromatic heterocycles. The highest BCUT2D eigenvalue weighted by Crippen LogP contribution is 2.56. The summed E-state index contributed by atoms with van der Waals surface area (Å²) in [5.74, 6) is -0.271. The number of carbonyl (C=O) groups excluding carboxylic acids is 5. The van der Waals surface area contributed by atoms with Crippen LogP contribution in [0.3, 0.4) is 0 Å². The van der Waals surface area contributed by atoms with E-state index < -0.39 is 29.7 Å². The number of carbonyl (C=O) groups is 5. The number of fused-ring (bicyclic) bond motifs is 1. The van der Waals surface area contributed by atoms with Gasteiger partial charge in [-0.3, -0.25) is 39.1 Å². The molecule has 350 valence electrons. The van der Waals surface area contributed by atoms with Crippen molar-refractivity contribution in [2.24, 2.45) is 16.7 Å². The molecule has 2 aliphatic carbocycles. The Kier molecular flexibility index (Phi) is 13.1. The summed E-state index contributed by atoms with van der Waals surface area (Å²) >= 11 is 0. The van der Waals surface area contributed by atoms with Crippen molar-refractivity contribution in [2.45, 2.75) is 96.6 Å². The third kappa shape index (κ3) is 8.78. The zero-order valence-electron chi connectivity index (χ0n) is 38.8. The summed E-state index contributed by atoms with van der Waals surface area (Å²) in [7, 11) is 4.66. The van der Waals surface area contributed by atoms with Gasteiger partial charge in [0.15, 0.2) is 0 Å². The van der Waals surface area contributed by atoms with Crippen molar-refractivity contribution in [3.8, 4) is 29.1 Å². The smallest absolute Gasteiger partial charge is 0.266 e. The standard InChI is InChI=1S/C50H60N6O10/c1-49(2)47(50(3,4)48(49)66-34-13-10-31(27-51)39(25-34)63-6)53-43(58)30-8-11-32(12-9-30)54-18-16-29(17-19-54)28-55(20-21-62-5)33-22-35(23-33)65-36-24-37-42(40(26-36)64-7)46(61)56(45(37)60)38-14-15-41(57)52-44(38)59/h8-13,24-26,29,33,35,38,47-48H,14-23,28H2,1-7H3,(H,53,58)(H,52,57,59)/t33?,35?,38-,47?,48?/m1/s1. The second kappa shape index (κ2) is 18.6. The Morgan fingerprint density at radius 2 is 1.55 bits per heavy atom. The lowest BCUT2D eigenvalue weighted by atomic mass is 9.49. The Labute approximate surface area is 385 Å². The predicted octanol–water partition coefficient (Wildman–Crippen LogP) is 5.36. The van der Waals surface area contributed by atoms with Crippen LogP contribution in [-0.2, 0) is 14.3 Å². The molecule has 3 aromatic carbocycles. The molecule has 3 aliphatic heterocycles. The average molecular weight is 905 g/mol. The lowest BCUT2D eigenvalue weighted by Gasteiger charge is -2.63. The van der Waals surface area contributed by atoms with Gasteiger partial charge in [-0.1, -0.05) is 27.7 Å². The van der Waals surface area contributed by atoms with E-state index in [2.05, 4.69) is 54.2 Å². The molecule has 16 heteroatoms. The first-order chi connectivity index (χ1) is 31.6. The molecule has 0 radical (unpaired) electrons. The van der Waals surface area contributed by atoms with Gasteiger partial charge in [-0.05, 0) is 67.6 Å². The Balaban J connectivity index is 0.817. The lowest BCUT2D eigenvalue weighted by Crippen LogP contribution is -2.74. The van der Waals surface area contributed by atoms with E-state index in [1.807, 2.05) is 24.3 Å². The lowest BCUT2D eigenvalue weighted by molar-refractivity contribution is -0.164. The van der Waals surface area contributed by atoms with Crippen molar-refractivity contribution in [3.05, 3.63) is 76.9 Å². The second-order valence-electron chi connectivity index (χ2n) is 19.3. The minimum Gasteiger partial charge on any atom is -0.496 e. The number of ether oxygens (including phenoxy) is 5. The van der Waals surface area contributed by atoms with Crippen LogP contribution >= 0.6 is 0 Å². The van der Waals surface area contributed by atoms with Crippen molar-refractivity contribution in [2.75, 3.05) is 59.0 Å². The number of nitriles is 1. The number of piperidine rings is 2. The van der Waals surface area contributed by atoms with E-state index in [1.54, 1.807) is 37.4 Å². The highest BCUT2D eigenvalue weighted by atomic mass is 16.5. The largest absolute Gasteiger partial charge is 0.496 e. The first-order valence-corrected chi connectivity index (χ1v) is 22.8. The fourth-order valence-corrected chi connectivity index (χ4v) is 11.0. The molecule has 16 nitrogen and oxygen atoms in total. The van der Waals surface area contributed by atoms with Crippen LogP contribution in [0.4, 0.5) is 5.69 Å². The number of amides is 5. The number of nitrogens with zero attached hydrogens (tertiary/aromatic N) is 4. The van der Waals surface area contributed by atoms with Gasteiger partial charge < -0.3 is 33.9 Å². The second-order valence-corrected chi connectivity index (χ2v) is 19.3. The predicted molar refractivity (Wildman–Crippen MR) is 243 cm³/mol. The molecule has 1 atom stereocenters. The molecular formula is C50H60N6O10. The van der Waals surface area contributed by atoms with E-state index >= 15 is 0 Å². The molecule has 0 spiro atoms. The van der Waals surface area contributed by atoms with Crippen molar-refractivity contribution >= 4 is 35.2 Å². The van der Waals surface area contributed by atoms with Gasteiger partial charge in [0.25, 0.3) is 17.7 Å². The van der Waals surface area contributed by atoms with Crippen LogP contribution in [0.5, 0.6) is 23.0 Å². The summed E-state index contributed by atoms with van der Waals surface area (Å²) < 4.78 is 29.2. The summed E-state index contributed by atoms with van der Waals surface area (Å²) in [6, 6.07) is 17.5. The van der Waals surface area contributed by atoms with Crippen molar-refractivity contribution < 1.29 is 47.7 Å². The number of nitrogens with one attached hydrogen (secondary N) is 2. The summed E-state index contributed by atoms with van der Waals surface area (Å²) in [5.41, 5.74) is 1.61. The number of rotatable bonds is 16. The van der Waals surface area contributed by atoms with Crippen LogP contribution < -0.4 is 34.5 Å². The highest BCUT2D eigenvalue weighted by Gasteiger charge is 2.64. The maximum Gasteiger partial charge on any atom is 0.266 e. The monoisotopic (exact) mass is 904 g/mol. The number of methoxy groups -OCH3 is 3. The van der Waals surface area contributed by atoms with Gasteiger partial charge in [-0.2, -0.15) is 5.26 Å². The van der Waals surface area contributed by atoms with E-state index in [4.69, 9.17) is 23.7 Å². The van der Waals surface area contributed by atoms with Crippen LogP contribution in [0, 0.1) is 28.1 Å². The van der Waals surface area contributed by atoms with E-state index in [9.17, 15) is 29.2 Å². The maximum atomic E-state index is 13.6. The molecule has 0 bridgehead atoms. The molecule has 8 rings (SSSR count). The Morgan fingerprint density at radius 1 is 0.864 bits per heavy atom. The van der Waals surface area contributed by atoms with Gasteiger partial charge in [0, 0.05) is 98.8 Å². The van der Waals surface area contributed by atoms with Crippen LogP contribution in [0.1, 0.15) is 103 Å². The maximum absolute atomic E-state index is 13.6. The molecule has 2 saturated carbocycles. The van der Waals surface area contributed by atoms with Gasteiger partial charge >= 0.3 is 0 Å². The third-order valence-corrected chi connectivity index (χ3v) is 14.4. The number of imide groups is 2. The fraction of sp³-hybridized carbons (Fsp3) is 0.520. The van der Waals surface area contributed by atoms with E-state index in [0.717, 1.165) is 62.4 Å². The number of anilines is 1. The molecule has 5 amide bonds. The van der Waals surface area contributed by atoms with Crippen LogP contribution in [-0.4, -0.2) is 124 Å². The summed E-state index contributed by atoms with van der Waals surface area (Å²) in [5, 5.41) is 14.9. The molecule has 4 fully saturated rings. The van der Waals surface area contributed by atoms with Crippen molar-refractivity contribution in [1.82, 2.24) is 20.4 Å². The van der Waals surface area contributed by atoms with Gasteiger partial charge in [0.1, 0.15) is 47.3 Å². The Morgan fingerprint density at radius 3 is 2.18 bits per heavy atom. The summed E-state index contributed by atoms with van der Waals surface area (Å²) in [4.78, 5) is 70.7. The SMILES string of the molecule is COCCN(CC1CCN(c2ccc(C(=O)NC3C(C)(C)C(Oc4ccc(C#N)c(OC)c4)C3(C)C)cc2)CC1)C1CC(Oc2cc(OC)c3c(c2)C(=O)N([C@@H]2CCC(=O)NC2=O)C3=O)C1. The molecule has 3 aromatic rings. The van der Waals surface area contributed by atoms with Crippen LogP contribution in [0.2, 0.25) is 0 Å². The zero-order chi connectivity index (χ0) is 47.1. The van der Waals surface area contributed by atoms with Gasteiger partial charge in [-0.25, -0.2) is 0 Å². The summed E-state index contributed by atoms with van der Waals surface area (Å²) in [6.45, 7) is 12.6. The van der Waals surface area contributed by atoms with Crippen molar-refractivity contribution in [3.63, 3.8) is 0 Å². The van der Waals surface area contributed by atoms with E-state index in [-0.39, 0.29) is 64.7 Å². The normalized spacial score (nSPS) is 24.4.